The monoisotopic (exact) mass is 839 g/mol. The van der Waals surface area contributed by atoms with Gasteiger partial charge in [0.1, 0.15) is 18.0 Å². The molecule has 0 fully saturated rings. The van der Waals surface area contributed by atoms with Crippen LogP contribution in [-0.4, -0.2) is 14.1 Å². The minimum Gasteiger partial charge on any atom is -0.307 e. The van der Waals surface area contributed by atoms with Crippen molar-refractivity contribution in [3.8, 4) is 79.3 Å². The second-order valence-corrected chi connectivity index (χ2v) is 16.6. The normalized spacial score (nSPS) is 11.3. The van der Waals surface area contributed by atoms with Gasteiger partial charge in [0.2, 0.25) is 0 Å². The Labute approximate surface area is 381 Å². The van der Waals surface area contributed by atoms with Gasteiger partial charge in [0, 0.05) is 27.1 Å². The Morgan fingerprint density at radius 3 is 1.06 bits per heavy atom. The van der Waals surface area contributed by atoms with E-state index in [-0.39, 0.29) is 0 Å². The van der Waals surface area contributed by atoms with Crippen LogP contribution in [-0.2, 0) is 0 Å². The first-order chi connectivity index (χ1) is 32.6. The van der Waals surface area contributed by atoms with Crippen molar-refractivity contribution in [2.24, 2.45) is 0 Å². The molecule has 0 aliphatic heterocycles. The number of benzene rings is 9. The highest BCUT2D eigenvalue weighted by atomic mass is 15.1. The van der Waals surface area contributed by atoms with E-state index in [1.165, 1.54) is 0 Å². The third-order valence-corrected chi connectivity index (χ3v) is 12.9. The summed E-state index contributed by atoms with van der Waals surface area (Å²) in [6.07, 6.45) is 1.97. The molecule has 0 amide bonds. The number of nitriles is 2. The minimum absolute atomic E-state index is 0.320. The van der Waals surface area contributed by atoms with E-state index in [2.05, 4.69) is 197 Å². The molecule has 306 valence electrons. The van der Waals surface area contributed by atoms with Gasteiger partial charge in [-0.05, 0) is 117 Å². The molecule has 0 unspecified atom stereocenters. The molecular formula is C61H37N5. The zero-order valence-electron chi connectivity index (χ0n) is 35.6. The summed E-state index contributed by atoms with van der Waals surface area (Å²) in [6, 6.07) is 80.9. The number of rotatable bonds is 7. The average molecular weight is 840 g/mol. The fourth-order valence-corrected chi connectivity index (χ4v) is 9.66. The van der Waals surface area contributed by atoms with Gasteiger partial charge in [-0.15, -0.1) is 0 Å². The van der Waals surface area contributed by atoms with E-state index in [4.69, 9.17) is 4.98 Å². The Kier molecular flexibility index (Phi) is 9.19. The van der Waals surface area contributed by atoms with E-state index >= 15 is 0 Å². The largest absolute Gasteiger partial charge is 0.307 e. The quantitative estimate of drug-likeness (QED) is 0.160. The van der Waals surface area contributed by atoms with Crippen LogP contribution >= 0.6 is 0 Å². The summed E-state index contributed by atoms with van der Waals surface area (Å²) in [5.41, 5.74) is 16.4. The lowest BCUT2D eigenvalue weighted by Gasteiger charge is -2.17. The maximum absolute atomic E-state index is 10.3. The van der Waals surface area contributed by atoms with Gasteiger partial charge in [0.15, 0.2) is 0 Å². The Morgan fingerprint density at radius 1 is 0.318 bits per heavy atom. The highest BCUT2D eigenvalue weighted by Gasteiger charge is 2.22. The number of fused-ring (bicyclic) bond motifs is 6. The first-order valence-corrected chi connectivity index (χ1v) is 22.0. The predicted octanol–water partition coefficient (Wildman–Crippen LogP) is 15.4. The van der Waals surface area contributed by atoms with Crippen molar-refractivity contribution < 1.29 is 0 Å². The standard InChI is InChI=1S/C61H37N5/c62-37-49-22-21-48(31-50(49)38-63)51-36-61(66-58-29-25-46(42-17-9-3-10-18-42)34-54(58)55-35-47(26-30-59(55)66)43-19-11-4-12-20-43)64-39-60(51)65-56-27-23-44(40-13-5-1-6-14-40)32-52(56)53-33-45(24-28-57(53)65)41-15-7-2-8-16-41/h1-36,39H. The van der Waals surface area contributed by atoms with Crippen LogP contribution < -0.4 is 0 Å². The Balaban J connectivity index is 1.13. The summed E-state index contributed by atoms with van der Waals surface area (Å²) in [5.74, 6) is 0.732. The van der Waals surface area contributed by atoms with E-state index in [1.807, 2.05) is 42.6 Å². The summed E-state index contributed by atoms with van der Waals surface area (Å²) < 4.78 is 4.55. The molecule has 0 N–H and O–H groups in total. The van der Waals surface area contributed by atoms with Crippen molar-refractivity contribution in [3.05, 3.63) is 236 Å². The number of hydrogen-bond acceptors (Lipinski definition) is 3. The van der Waals surface area contributed by atoms with Gasteiger partial charge in [-0.1, -0.05) is 152 Å². The number of aromatic nitrogens is 3. The molecule has 0 bridgehead atoms. The topological polar surface area (TPSA) is 70.3 Å². The van der Waals surface area contributed by atoms with Gasteiger partial charge in [-0.3, -0.25) is 4.57 Å². The molecule has 0 atom stereocenters. The average Bonchev–Trinajstić information content (AvgIpc) is 3.90. The molecular weight excluding hydrogens is 803 g/mol. The molecule has 3 aromatic heterocycles. The van der Waals surface area contributed by atoms with E-state index in [0.717, 1.165) is 111 Å². The van der Waals surface area contributed by atoms with Crippen molar-refractivity contribution in [2.75, 3.05) is 0 Å². The van der Waals surface area contributed by atoms with E-state index in [0.29, 0.717) is 11.1 Å². The van der Waals surface area contributed by atoms with Crippen molar-refractivity contribution in [3.63, 3.8) is 0 Å². The second kappa shape index (κ2) is 15.8. The van der Waals surface area contributed by atoms with E-state index < -0.39 is 0 Å². The highest BCUT2D eigenvalue weighted by Crippen LogP contribution is 2.42. The van der Waals surface area contributed by atoms with Gasteiger partial charge in [-0.2, -0.15) is 10.5 Å². The lowest BCUT2D eigenvalue weighted by Crippen LogP contribution is -2.03. The maximum Gasteiger partial charge on any atom is 0.138 e. The maximum atomic E-state index is 10.3. The Hall–Kier alpha value is -9.29. The minimum atomic E-state index is 0.320. The SMILES string of the molecule is N#Cc1ccc(-c2cc(-n3c4ccc(-c5ccccc5)cc4c4cc(-c5ccccc5)ccc43)ncc2-n2c3ccc(-c4ccccc4)cc3c3cc(-c4ccccc4)ccc32)cc1C#N. The van der Waals surface area contributed by atoms with Crippen molar-refractivity contribution in [1.82, 2.24) is 14.1 Å². The summed E-state index contributed by atoms with van der Waals surface area (Å²) in [5, 5.41) is 24.8. The van der Waals surface area contributed by atoms with E-state index in [1.54, 1.807) is 6.07 Å². The van der Waals surface area contributed by atoms with Crippen molar-refractivity contribution in [2.45, 2.75) is 0 Å². The highest BCUT2D eigenvalue weighted by molar-refractivity contribution is 6.13. The number of pyridine rings is 1. The summed E-state index contributed by atoms with van der Waals surface area (Å²) in [4.78, 5) is 5.37. The fraction of sp³-hybridized carbons (Fsp3) is 0. The van der Waals surface area contributed by atoms with Crippen LogP contribution in [0.4, 0.5) is 0 Å². The Morgan fingerprint density at radius 2 is 0.682 bits per heavy atom. The van der Waals surface area contributed by atoms with E-state index in [9.17, 15) is 10.5 Å². The zero-order chi connectivity index (χ0) is 44.1. The van der Waals surface area contributed by atoms with Crippen molar-refractivity contribution in [1.29, 1.82) is 10.5 Å². The van der Waals surface area contributed by atoms with Crippen LogP contribution in [0.15, 0.2) is 225 Å². The molecule has 9 aromatic carbocycles. The van der Waals surface area contributed by atoms with Crippen LogP contribution in [0.5, 0.6) is 0 Å². The number of hydrogen-bond donors (Lipinski definition) is 0. The molecule has 0 radical (unpaired) electrons. The zero-order valence-corrected chi connectivity index (χ0v) is 35.6. The second-order valence-electron chi connectivity index (χ2n) is 16.6. The first-order valence-electron chi connectivity index (χ1n) is 22.0. The van der Waals surface area contributed by atoms with Crippen LogP contribution in [0.2, 0.25) is 0 Å². The van der Waals surface area contributed by atoms with Crippen LogP contribution in [0.1, 0.15) is 11.1 Å². The van der Waals surface area contributed by atoms with Crippen LogP contribution in [0.25, 0.3) is 111 Å². The molecule has 5 heteroatoms. The van der Waals surface area contributed by atoms with Crippen LogP contribution in [0, 0.1) is 22.7 Å². The molecule has 5 nitrogen and oxygen atoms in total. The lowest BCUT2D eigenvalue weighted by molar-refractivity contribution is 1.06. The third-order valence-electron chi connectivity index (χ3n) is 12.9. The summed E-state index contributed by atoms with van der Waals surface area (Å²) >= 11 is 0. The molecule has 12 rings (SSSR count). The molecule has 0 saturated heterocycles. The van der Waals surface area contributed by atoms with Gasteiger partial charge >= 0.3 is 0 Å². The van der Waals surface area contributed by atoms with Gasteiger partial charge in [0.05, 0.1) is 45.1 Å². The molecule has 0 spiro atoms. The molecule has 0 saturated carbocycles. The molecule has 12 aromatic rings. The van der Waals surface area contributed by atoms with Gasteiger partial charge in [0.25, 0.3) is 0 Å². The predicted molar refractivity (Wildman–Crippen MR) is 270 cm³/mol. The van der Waals surface area contributed by atoms with Gasteiger partial charge < -0.3 is 4.57 Å². The molecule has 3 heterocycles. The fourth-order valence-electron chi connectivity index (χ4n) is 9.66. The first kappa shape index (κ1) is 38.4. The third kappa shape index (κ3) is 6.43. The summed E-state index contributed by atoms with van der Waals surface area (Å²) in [7, 11) is 0. The molecule has 66 heavy (non-hydrogen) atoms. The molecule has 0 aliphatic carbocycles. The lowest BCUT2D eigenvalue weighted by atomic mass is 9.99. The smallest absolute Gasteiger partial charge is 0.138 e. The van der Waals surface area contributed by atoms with Crippen molar-refractivity contribution >= 4 is 43.6 Å². The summed E-state index contributed by atoms with van der Waals surface area (Å²) in [6.45, 7) is 0. The van der Waals surface area contributed by atoms with Crippen LogP contribution in [0.3, 0.4) is 0 Å². The van der Waals surface area contributed by atoms with Gasteiger partial charge in [-0.25, -0.2) is 4.98 Å². The number of nitrogens with zero attached hydrogens (tertiary/aromatic N) is 5. The Bertz CT molecular complexity index is 3730. The molecule has 0 aliphatic rings.